The smallest absolute Gasteiger partial charge is 0.0355 e. The van der Waals surface area contributed by atoms with Crippen molar-refractivity contribution in [2.24, 2.45) is 0 Å². The Morgan fingerprint density at radius 2 is 2.56 bits per heavy atom. The Morgan fingerprint density at radius 1 is 1.78 bits per heavy atom. The van der Waals surface area contributed by atoms with E-state index in [1.54, 1.807) is 0 Å². The van der Waals surface area contributed by atoms with Crippen molar-refractivity contribution in [3.63, 3.8) is 0 Å². The molecule has 1 heterocycles. The first-order valence-electron chi connectivity index (χ1n) is 2.80. The van der Waals surface area contributed by atoms with E-state index in [0.717, 1.165) is 6.54 Å². The Labute approximate surface area is 68.2 Å². The number of aromatic amines is 1. The van der Waals surface area contributed by atoms with Gasteiger partial charge in [0.25, 0.3) is 0 Å². The van der Waals surface area contributed by atoms with Gasteiger partial charge in [0.15, 0.2) is 0 Å². The highest BCUT2D eigenvalue weighted by Crippen LogP contribution is 2.04. The molecule has 1 rings (SSSR count). The zero-order valence-electron chi connectivity index (χ0n) is 5.24. The maximum Gasteiger partial charge on any atom is 0.0355 e. The van der Waals surface area contributed by atoms with Crippen LogP contribution in [0, 0.1) is 3.57 Å². The highest BCUT2D eigenvalue weighted by molar-refractivity contribution is 14.1. The van der Waals surface area contributed by atoms with E-state index in [1.807, 2.05) is 13.2 Å². The zero-order chi connectivity index (χ0) is 6.69. The van der Waals surface area contributed by atoms with Crippen LogP contribution in [0.1, 0.15) is 5.69 Å². The van der Waals surface area contributed by atoms with Gasteiger partial charge < -0.3 is 10.3 Å². The Kier molecular flexibility index (Phi) is 2.53. The minimum Gasteiger partial charge on any atom is -0.363 e. The SMILES string of the molecule is CNCc1cc(I)c[nH]1. The lowest BCUT2D eigenvalue weighted by Crippen LogP contribution is -2.04. The van der Waals surface area contributed by atoms with Crippen molar-refractivity contribution in [1.82, 2.24) is 10.3 Å². The van der Waals surface area contributed by atoms with Crippen molar-refractivity contribution < 1.29 is 0 Å². The summed E-state index contributed by atoms with van der Waals surface area (Å²) in [6.07, 6.45) is 1.99. The molecule has 0 aromatic carbocycles. The molecule has 0 amide bonds. The maximum atomic E-state index is 3.14. The molecule has 0 saturated heterocycles. The molecule has 1 aromatic rings. The van der Waals surface area contributed by atoms with Gasteiger partial charge in [-0.25, -0.2) is 0 Å². The Balaban J connectivity index is 2.61. The minimum atomic E-state index is 0.920. The molecule has 0 unspecified atom stereocenters. The molecular weight excluding hydrogens is 227 g/mol. The number of aromatic nitrogens is 1. The van der Waals surface area contributed by atoms with E-state index in [-0.39, 0.29) is 0 Å². The van der Waals surface area contributed by atoms with Crippen LogP contribution >= 0.6 is 22.6 Å². The summed E-state index contributed by atoms with van der Waals surface area (Å²) in [5, 5.41) is 3.06. The normalized spacial score (nSPS) is 10.0. The number of H-pyrrole nitrogens is 1. The minimum absolute atomic E-state index is 0.920. The molecule has 50 valence electrons. The molecule has 0 aliphatic rings. The summed E-state index contributed by atoms with van der Waals surface area (Å²) in [6, 6.07) is 2.12. The van der Waals surface area contributed by atoms with E-state index in [2.05, 4.69) is 39.0 Å². The number of halogens is 1. The van der Waals surface area contributed by atoms with Crippen molar-refractivity contribution in [2.45, 2.75) is 6.54 Å². The summed E-state index contributed by atoms with van der Waals surface area (Å²) in [5.41, 5.74) is 1.24. The van der Waals surface area contributed by atoms with Crippen LogP contribution in [0.5, 0.6) is 0 Å². The standard InChI is InChI=1S/C6H9IN2/c1-8-4-6-2-5(7)3-9-6/h2-3,8-9H,4H2,1H3. The Hall–Kier alpha value is -0.0300. The molecule has 0 spiro atoms. The largest absolute Gasteiger partial charge is 0.363 e. The zero-order valence-corrected chi connectivity index (χ0v) is 7.40. The second-order valence-electron chi connectivity index (χ2n) is 1.87. The van der Waals surface area contributed by atoms with Gasteiger partial charge in [-0.1, -0.05) is 0 Å². The summed E-state index contributed by atoms with van der Waals surface area (Å²) >= 11 is 2.28. The lowest BCUT2D eigenvalue weighted by Gasteiger charge is -1.90. The van der Waals surface area contributed by atoms with Gasteiger partial charge >= 0.3 is 0 Å². The fourth-order valence-electron chi connectivity index (χ4n) is 0.704. The van der Waals surface area contributed by atoms with Gasteiger partial charge in [-0.2, -0.15) is 0 Å². The summed E-state index contributed by atoms with van der Waals surface area (Å²) < 4.78 is 1.26. The fraction of sp³-hybridized carbons (Fsp3) is 0.333. The topological polar surface area (TPSA) is 27.8 Å². The Morgan fingerprint density at radius 3 is 3.00 bits per heavy atom. The van der Waals surface area contributed by atoms with Gasteiger partial charge in [-0.15, -0.1) is 0 Å². The first kappa shape index (κ1) is 7.08. The molecular formula is C6H9IN2. The van der Waals surface area contributed by atoms with Gasteiger partial charge in [0.2, 0.25) is 0 Å². The van der Waals surface area contributed by atoms with Gasteiger partial charge in [0.05, 0.1) is 0 Å². The highest BCUT2D eigenvalue weighted by atomic mass is 127. The van der Waals surface area contributed by atoms with Crippen LogP contribution in [-0.2, 0) is 6.54 Å². The van der Waals surface area contributed by atoms with E-state index in [1.165, 1.54) is 9.26 Å². The van der Waals surface area contributed by atoms with Gasteiger partial charge in [0.1, 0.15) is 0 Å². The summed E-state index contributed by atoms with van der Waals surface area (Å²) in [4.78, 5) is 3.14. The average molecular weight is 236 g/mol. The monoisotopic (exact) mass is 236 g/mol. The molecule has 0 bridgehead atoms. The third kappa shape index (κ3) is 1.98. The van der Waals surface area contributed by atoms with E-state index in [0.29, 0.717) is 0 Å². The molecule has 1 aromatic heterocycles. The second kappa shape index (κ2) is 3.22. The highest BCUT2D eigenvalue weighted by Gasteiger charge is 1.91. The number of hydrogen-bond acceptors (Lipinski definition) is 1. The van der Waals surface area contributed by atoms with E-state index >= 15 is 0 Å². The molecule has 0 atom stereocenters. The van der Waals surface area contributed by atoms with Crippen LogP contribution in [0.4, 0.5) is 0 Å². The quantitative estimate of drug-likeness (QED) is 0.745. The predicted molar refractivity (Wildman–Crippen MR) is 46.3 cm³/mol. The third-order valence-corrected chi connectivity index (χ3v) is 1.70. The van der Waals surface area contributed by atoms with Crippen molar-refractivity contribution in [1.29, 1.82) is 0 Å². The van der Waals surface area contributed by atoms with Crippen molar-refractivity contribution in [3.05, 3.63) is 21.5 Å². The fourth-order valence-corrected chi connectivity index (χ4v) is 1.24. The number of hydrogen-bond donors (Lipinski definition) is 2. The molecule has 0 fully saturated rings. The van der Waals surface area contributed by atoms with Crippen molar-refractivity contribution >= 4 is 22.6 Å². The summed E-state index contributed by atoms with van der Waals surface area (Å²) in [5.74, 6) is 0. The molecule has 3 heteroatoms. The van der Waals surface area contributed by atoms with Crippen LogP contribution < -0.4 is 5.32 Å². The van der Waals surface area contributed by atoms with E-state index in [9.17, 15) is 0 Å². The van der Waals surface area contributed by atoms with Crippen molar-refractivity contribution in [3.8, 4) is 0 Å². The average Bonchev–Trinajstić information content (AvgIpc) is 2.17. The molecule has 0 radical (unpaired) electrons. The van der Waals surface area contributed by atoms with Gasteiger partial charge in [-0.3, -0.25) is 0 Å². The van der Waals surface area contributed by atoms with Crippen LogP contribution in [0.2, 0.25) is 0 Å². The first-order valence-corrected chi connectivity index (χ1v) is 3.88. The van der Waals surface area contributed by atoms with Crippen LogP contribution in [0.3, 0.4) is 0 Å². The summed E-state index contributed by atoms with van der Waals surface area (Å²) in [6.45, 7) is 0.920. The molecule has 0 aliphatic heterocycles. The molecule has 2 nitrogen and oxygen atoms in total. The number of nitrogens with one attached hydrogen (secondary N) is 2. The van der Waals surface area contributed by atoms with Crippen LogP contribution in [0.25, 0.3) is 0 Å². The Bertz CT molecular complexity index is 183. The van der Waals surface area contributed by atoms with Crippen LogP contribution in [-0.4, -0.2) is 12.0 Å². The molecule has 0 aliphatic carbocycles. The summed E-state index contributed by atoms with van der Waals surface area (Å²) in [7, 11) is 1.94. The molecule has 0 saturated carbocycles. The first-order chi connectivity index (χ1) is 4.33. The van der Waals surface area contributed by atoms with E-state index < -0.39 is 0 Å². The number of rotatable bonds is 2. The van der Waals surface area contributed by atoms with Gasteiger partial charge in [-0.05, 0) is 35.7 Å². The maximum absolute atomic E-state index is 3.14. The second-order valence-corrected chi connectivity index (χ2v) is 3.12. The van der Waals surface area contributed by atoms with Crippen molar-refractivity contribution in [2.75, 3.05) is 7.05 Å². The van der Waals surface area contributed by atoms with E-state index in [4.69, 9.17) is 0 Å². The lowest BCUT2D eigenvalue weighted by molar-refractivity contribution is 0.797. The molecule has 9 heavy (non-hydrogen) atoms. The van der Waals surface area contributed by atoms with Gasteiger partial charge in [0, 0.05) is 22.0 Å². The third-order valence-electron chi connectivity index (χ3n) is 1.07. The predicted octanol–water partition coefficient (Wildman–Crippen LogP) is 1.34. The van der Waals surface area contributed by atoms with Crippen LogP contribution in [0.15, 0.2) is 12.3 Å². The molecule has 2 N–H and O–H groups in total. The lowest BCUT2D eigenvalue weighted by atomic mass is 10.4.